The number of hydrogen-bond donors (Lipinski definition) is 0. The minimum atomic E-state index is 0.478. The van der Waals surface area contributed by atoms with Gasteiger partial charge in [-0.15, -0.1) is 0 Å². The molecular weight excluding hydrogens is 182 g/mol. The van der Waals surface area contributed by atoms with E-state index in [1.165, 1.54) is 22.4 Å². The summed E-state index contributed by atoms with van der Waals surface area (Å²) < 4.78 is 0. The lowest BCUT2D eigenvalue weighted by atomic mass is 10.0. The molecule has 0 saturated heterocycles. The molecule has 2 aliphatic rings. The Kier molecular flexibility index (Phi) is 1.75. The van der Waals surface area contributed by atoms with Gasteiger partial charge in [-0.1, -0.05) is 35.9 Å². The summed E-state index contributed by atoms with van der Waals surface area (Å²) in [5.74, 6) is 0. The van der Waals surface area contributed by atoms with Crippen molar-refractivity contribution in [1.82, 2.24) is 4.90 Å². The molecule has 2 heterocycles. The molecule has 0 aromatic heterocycles. The molecule has 0 fully saturated rings. The third-order valence-electron chi connectivity index (χ3n) is 3.36. The Labute approximate surface area is 90.7 Å². The second-order valence-corrected chi connectivity index (χ2v) is 4.47. The molecule has 1 heteroatoms. The molecule has 0 spiro atoms. The van der Waals surface area contributed by atoms with E-state index in [-0.39, 0.29) is 0 Å². The number of hydrogen-bond acceptors (Lipinski definition) is 1. The summed E-state index contributed by atoms with van der Waals surface area (Å²) in [6.07, 6.45) is 4.63. The maximum Gasteiger partial charge on any atom is 0.0736 e. The molecule has 0 amide bonds. The molecule has 0 N–H and O–H groups in total. The molecule has 1 nitrogen and oxygen atoms in total. The Morgan fingerprint density at radius 1 is 1.20 bits per heavy atom. The average molecular weight is 197 g/mol. The first-order valence-electron chi connectivity index (χ1n) is 5.47. The van der Waals surface area contributed by atoms with Crippen LogP contribution in [0.1, 0.15) is 31.0 Å². The van der Waals surface area contributed by atoms with Gasteiger partial charge in [0.25, 0.3) is 0 Å². The summed E-state index contributed by atoms with van der Waals surface area (Å²) in [4.78, 5) is 2.47. The normalized spacial score (nSPS) is 23.1. The Hall–Kier alpha value is -1.50. The zero-order valence-electron chi connectivity index (χ0n) is 9.20. The van der Waals surface area contributed by atoms with Gasteiger partial charge in [-0.05, 0) is 31.1 Å². The number of benzene rings is 1. The predicted molar refractivity (Wildman–Crippen MR) is 62.2 cm³/mol. The van der Waals surface area contributed by atoms with Gasteiger partial charge in [0.2, 0.25) is 0 Å². The van der Waals surface area contributed by atoms with Crippen LogP contribution in [0.3, 0.4) is 0 Å². The highest BCUT2D eigenvalue weighted by molar-refractivity contribution is 5.42. The first-order valence-corrected chi connectivity index (χ1v) is 5.47. The highest BCUT2D eigenvalue weighted by atomic mass is 15.2. The quantitative estimate of drug-likeness (QED) is 0.616. The molecule has 3 rings (SSSR count). The molecule has 1 aromatic carbocycles. The SMILES string of the molecule is CC1=CC2c3ccccc3CN2C(C)=C1. The Balaban J connectivity index is 2.12. The summed E-state index contributed by atoms with van der Waals surface area (Å²) in [7, 11) is 0. The van der Waals surface area contributed by atoms with Crippen molar-refractivity contribution < 1.29 is 0 Å². The topological polar surface area (TPSA) is 3.24 Å². The standard InChI is InChI=1S/C14H15N/c1-10-7-11(2)15-9-12-5-3-4-6-13(12)14(15)8-10/h3-8,14H,9H2,1-2H3. The zero-order valence-corrected chi connectivity index (χ0v) is 9.20. The Bertz CT molecular complexity index is 468. The second-order valence-electron chi connectivity index (χ2n) is 4.47. The monoisotopic (exact) mass is 197 g/mol. The van der Waals surface area contributed by atoms with Crippen LogP contribution in [0.4, 0.5) is 0 Å². The summed E-state index contributed by atoms with van der Waals surface area (Å²) >= 11 is 0. The van der Waals surface area contributed by atoms with Gasteiger partial charge in [0.05, 0.1) is 6.04 Å². The smallest absolute Gasteiger partial charge is 0.0736 e. The van der Waals surface area contributed by atoms with Crippen molar-refractivity contribution in [2.75, 3.05) is 0 Å². The van der Waals surface area contributed by atoms with Gasteiger partial charge >= 0.3 is 0 Å². The van der Waals surface area contributed by atoms with Crippen molar-refractivity contribution >= 4 is 0 Å². The van der Waals surface area contributed by atoms with E-state index in [1.807, 2.05) is 0 Å². The fourth-order valence-electron chi connectivity index (χ4n) is 2.65. The van der Waals surface area contributed by atoms with Gasteiger partial charge in [-0.25, -0.2) is 0 Å². The van der Waals surface area contributed by atoms with Gasteiger partial charge in [-0.2, -0.15) is 0 Å². The van der Waals surface area contributed by atoms with Crippen molar-refractivity contribution in [1.29, 1.82) is 0 Å². The van der Waals surface area contributed by atoms with Crippen LogP contribution in [0.5, 0.6) is 0 Å². The average Bonchev–Trinajstić information content (AvgIpc) is 2.57. The first kappa shape index (κ1) is 8.78. The number of rotatable bonds is 0. The van der Waals surface area contributed by atoms with Crippen LogP contribution < -0.4 is 0 Å². The maximum atomic E-state index is 2.47. The molecule has 1 atom stereocenters. The van der Waals surface area contributed by atoms with E-state index in [9.17, 15) is 0 Å². The lowest BCUT2D eigenvalue weighted by Crippen LogP contribution is -2.21. The second kappa shape index (κ2) is 2.99. The van der Waals surface area contributed by atoms with Crippen LogP contribution >= 0.6 is 0 Å². The maximum absolute atomic E-state index is 2.47. The molecule has 1 aromatic rings. The highest BCUT2D eigenvalue weighted by Gasteiger charge is 2.29. The Morgan fingerprint density at radius 3 is 2.87 bits per heavy atom. The molecule has 0 radical (unpaired) electrons. The summed E-state index contributed by atoms with van der Waals surface area (Å²) in [5.41, 5.74) is 5.71. The van der Waals surface area contributed by atoms with Crippen LogP contribution in [0.25, 0.3) is 0 Å². The van der Waals surface area contributed by atoms with E-state index in [4.69, 9.17) is 0 Å². The van der Waals surface area contributed by atoms with Gasteiger partial charge in [0.15, 0.2) is 0 Å². The molecule has 2 aliphatic heterocycles. The van der Waals surface area contributed by atoms with Gasteiger partial charge in [0.1, 0.15) is 0 Å². The fraction of sp³-hybridized carbons (Fsp3) is 0.286. The minimum Gasteiger partial charge on any atom is -0.360 e. The Morgan fingerprint density at radius 2 is 2.00 bits per heavy atom. The molecule has 15 heavy (non-hydrogen) atoms. The van der Waals surface area contributed by atoms with Crippen molar-refractivity contribution in [2.24, 2.45) is 0 Å². The van der Waals surface area contributed by atoms with E-state index >= 15 is 0 Å². The summed E-state index contributed by atoms with van der Waals surface area (Å²) in [6.45, 7) is 5.45. The molecule has 0 aliphatic carbocycles. The van der Waals surface area contributed by atoms with Crippen LogP contribution in [0, 0.1) is 0 Å². The highest BCUT2D eigenvalue weighted by Crippen LogP contribution is 2.40. The number of nitrogens with zero attached hydrogens (tertiary/aromatic N) is 1. The first-order chi connectivity index (χ1) is 7.25. The zero-order chi connectivity index (χ0) is 10.4. The van der Waals surface area contributed by atoms with Crippen LogP contribution in [0.15, 0.2) is 47.7 Å². The van der Waals surface area contributed by atoms with Crippen LogP contribution in [0.2, 0.25) is 0 Å². The van der Waals surface area contributed by atoms with Crippen molar-refractivity contribution in [3.63, 3.8) is 0 Å². The van der Waals surface area contributed by atoms with E-state index in [0.717, 1.165) is 6.54 Å². The minimum absolute atomic E-state index is 0.478. The van der Waals surface area contributed by atoms with E-state index < -0.39 is 0 Å². The third kappa shape index (κ3) is 1.23. The van der Waals surface area contributed by atoms with E-state index in [0.29, 0.717) is 6.04 Å². The summed E-state index contributed by atoms with van der Waals surface area (Å²) in [5, 5.41) is 0. The molecule has 0 bridgehead atoms. The van der Waals surface area contributed by atoms with Crippen LogP contribution in [-0.2, 0) is 6.54 Å². The molecule has 0 saturated carbocycles. The van der Waals surface area contributed by atoms with Crippen molar-refractivity contribution in [3.05, 3.63) is 58.8 Å². The lowest BCUT2D eigenvalue weighted by Gasteiger charge is -2.29. The number of allylic oxidation sites excluding steroid dienone is 3. The lowest BCUT2D eigenvalue weighted by molar-refractivity contribution is 0.316. The van der Waals surface area contributed by atoms with Crippen LogP contribution in [-0.4, -0.2) is 4.90 Å². The third-order valence-corrected chi connectivity index (χ3v) is 3.36. The van der Waals surface area contributed by atoms with Gasteiger partial charge in [-0.3, -0.25) is 0 Å². The summed E-state index contributed by atoms with van der Waals surface area (Å²) in [6, 6.07) is 9.24. The van der Waals surface area contributed by atoms with E-state index in [1.54, 1.807) is 0 Å². The molecule has 76 valence electrons. The predicted octanol–water partition coefficient (Wildman–Crippen LogP) is 3.41. The fourth-order valence-corrected chi connectivity index (χ4v) is 2.65. The molecular formula is C14H15N. The van der Waals surface area contributed by atoms with Crippen molar-refractivity contribution in [3.8, 4) is 0 Å². The largest absolute Gasteiger partial charge is 0.360 e. The number of fused-ring (bicyclic) bond motifs is 3. The van der Waals surface area contributed by atoms with E-state index in [2.05, 4.69) is 55.2 Å². The van der Waals surface area contributed by atoms with Gasteiger partial charge < -0.3 is 4.90 Å². The van der Waals surface area contributed by atoms with Crippen molar-refractivity contribution in [2.45, 2.75) is 26.4 Å². The molecule has 1 unspecified atom stereocenters. The van der Waals surface area contributed by atoms with Gasteiger partial charge in [0, 0.05) is 12.2 Å².